The molecule has 30 heavy (non-hydrogen) atoms. The quantitative estimate of drug-likeness (QED) is 0.629. The number of aromatic nitrogens is 3. The summed E-state index contributed by atoms with van der Waals surface area (Å²) < 4.78 is 0. The molecule has 0 radical (unpaired) electrons. The molecule has 1 fully saturated rings. The van der Waals surface area contributed by atoms with Crippen LogP contribution in [0.3, 0.4) is 0 Å². The highest BCUT2D eigenvalue weighted by molar-refractivity contribution is 5.87. The Bertz CT molecular complexity index is 933. The number of pyridine rings is 1. The second-order valence-electron chi connectivity index (χ2n) is 6.68. The average molecular weight is 472 g/mol. The van der Waals surface area contributed by atoms with Gasteiger partial charge in [0.2, 0.25) is 5.91 Å². The smallest absolute Gasteiger partial charge is 0.239 e. The van der Waals surface area contributed by atoms with Gasteiger partial charge >= 0.3 is 0 Å². The Morgan fingerprint density at radius 1 is 0.933 bits per heavy atom. The van der Waals surface area contributed by atoms with Gasteiger partial charge in [0.25, 0.3) is 0 Å². The van der Waals surface area contributed by atoms with Crippen molar-refractivity contribution in [1.82, 2.24) is 19.9 Å². The van der Waals surface area contributed by atoms with E-state index in [2.05, 4.69) is 19.9 Å². The number of nitrogens with zero attached hydrogens (tertiary/aromatic N) is 5. The largest absolute Gasteiger partial charge is 0.352 e. The number of rotatable bonds is 4. The van der Waals surface area contributed by atoms with E-state index in [1.165, 1.54) is 6.33 Å². The third-order valence-electron chi connectivity index (χ3n) is 4.89. The van der Waals surface area contributed by atoms with Crippen LogP contribution in [0.5, 0.6) is 0 Å². The van der Waals surface area contributed by atoms with Gasteiger partial charge in [0.05, 0.1) is 11.4 Å². The first-order chi connectivity index (χ1) is 13.2. The average Bonchev–Trinajstić information content (AvgIpc) is 2.73. The zero-order chi connectivity index (χ0) is 18.6. The zero-order valence-corrected chi connectivity index (χ0v) is 18.7. The summed E-state index contributed by atoms with van der Waals surface area (Å²) in [6, 6.07) is 13.2. The molecule has 1 aliphatic heterocycles. The highest BCUT2D eigenvalue weighted by atomic mass is 35.5. The molecule has 1 amide bonds. The number of benzene rings is 1. The predicted molar refractivity (Wildman–Crippen MR) is 126 cm³/mol. The van der Waals surface area contributed by atoms with Crippen LogP contribution in [0, 0.1) is 0 Å². The van der Waals surface area contributed by atoms with E-state index in [9.17, 15) is 4.79 Å². The molecule has 2 aromatic heterocycles. The van der Waals surface area contributed by atoms with Gasteiger partial charge in [0, 0.05) is 32.4 Å². The normalized spacial score (nSPS) is 14.2. The third kappa shape index (κ3) is 5.70. The Balaban J connectivity index is 0.00000150. The van der Waals surface area contributed by atoms with Crippen molar-refractivity contribution in [2.45, 2.75) is 12.5 Å². The summed E-state index contributed by atoms with van der Waals surface area (Å²) in [6.07, 6.45) is 3.82. The van der Waals surface area contributed by atoms with Crippen LogP contribution in [0.1, 0.15) is 5.56 Å². The summed E-state index contributed by atoms with van der Waals surface area (Å²) in [5.74, 6) is 0.876. The van der Waals surface area contributed by atoms with Crippen molar-refractivity contribution >= 4 is 60.0 Å². The summed E-state index contributed by atoms with van der Waals surface area (Å²) in [7, 11) is 0. The molecule has 4 rings (SSSR count). The molecule has 1 atom stereocenters. The fourth-order valence-electron chi connectivity index (χ4n) is 3.46. The van der Waals surface area contributed by atoms with E-state index in [0.717, 1.165) is 16.8 Å². The van der Waals surface area contributed by atoms with E-state index in [0.29, 0.717) is 38.2 Å². The van der Waals surface area contributed by atoms with Crippen LogP contribution in [0.4, 0.5) is 5.82 Å². The van der Waals surface area contributed by atoms with Gasteiger partial charge < -0.3 is 15.5 Å². The first kappa shape index (κ1) is 25.8. The number of carbonyl (C=O) groups excluding carboxylic acids is 1. The molecular weight excluding hydrogens is 447 g/mol. The lowest BCUT2D eigenvalue weighted by Gasteiger charge is -2.36. The van der Waals surface area contributed by atoms with Gasteiger partial charge in [-0.2, -0.15) is 0 Å². The number of fused-ring (bicyclic) bond motifs is 1. The van der Waals surface area contributed by atoms with Gasteiger partial charge in [-0.3, -0.25) is 4.79 Å². The maximum Gasteiger partial charge on any atom is 0.239 e. The molecule has 1 aliphatic rings. The third-order valence-corrected chi connectivity index (χ3v) is 4.89. The van der Waals surface area contributed by atoms with Gasteiger partial charge in [-0.25, -0.2) is 15.0 Å². The minimum atomic E-state index is -0.511. The summed E-state index contributed by atoms with van der Waals surface area (Å²) in [5, 5.41) is 0.931. The van der Waals surface area contributed by atoms with Crippen LogP contribution in [-0.4, -0.2) is 58.0 Å². The predicted octanol–water partition coefficient (Wildman–Crippen LogP) is 2.51. The van der Waals surface area contributed by atoms with Crippen molar-refractivity contribution in [1.29, 1.82) is 0 Å². The standard InChI is InChI=1S/C20H22N6O.3ClH/c21-17(13-15-5-2-1-3-6-15)20(27)26-11-9-25(10-12-26)19-16-7-4-8-22-18(16)23-14-24-19;;;/h1-8,14,17H,9-13,21H2;3*1H. The Morgan fingerprint density at radius 3 is 2.33 bits per heavy atom. The first-order valence-corrected chi connectivity index (χ1v) is 9.11. The highest BCUT2D eigenvalue weighted by Crippen LogP contribution is 2.22. The summed E-state index contributed by atoms with van der Waals surface area (Å²) >= 11 is 0. The number of hydrogen-bond donors (Lipinski definition) is 1. The molecule has 1 aromatic carbocycles. The van der Waals surface area contributed by atoms with Gasteiger partial charge in [0.15, 0.2) is 5.65 Å². The molecule has 0 aliphatic carbocycles. The minimum Gasteiger partial charge on any atom is -0.352 e. The van der Waals surface area contributed by atoms with E-state index in [1.807, 2.05) is 47.4 Å². The number of nitrogens with two attached hydrogens (primary N) is 1. The molecule has 1 unspecified atom stereocenters. The maximum absolute atomic E-state index is 12.7. The Morgan fingerprint density at radius 2 is 1.63 bits per heavy atom. The van der Waals surface area contributed by atoms with Crippen LogP contribution in [0.15, 0.2) is 55.0 Å². The van der Waals surface area contributed by atoms with Crippen molar-refractivity contribution in [2.75, 3.05) is 31.1 Å². The molecule has 0 spiro atoms. The molecule has 1 saturated heterocycles. The molecule has 3 heterocycles. The molecule has 162 valence electrons. The maximum atomic E-state index is 12.7. The topological polar surface area (TPSA) is 88.2 Å². The Hall–Kier alpha value is -2.19. The number of halogens is 3. The van der Waals surface area contributed by atoms with Crippen LogP contribution in [0.25, 0.3) is 11.0 Å². The van der Waals surface area contributed by atoms with Crippen molar-refractivity contribution in [2.24, 2.45) is 5.73 Å². The van der Waals surface area contributed by atoms with E-state index in [1.54, 1.807) is 6.20 Å². The number of anilines is 1. The van der Waals surface area contributed by atoms with E-state index in [4.69, 9.17) is 5.73 Å². The van der Waals surface area contributed by atoms with Gasteiger partial charge in [-0.1, -0.05) is 30.3 Å². The summed E-state index contributed by atoms with van der Waals surface area (Å²) in [4.78, 5) is 29.7. The molecule has 7 nitrogen and oxygen atoms in total. The van der Waals surface area contributed by atoms with E-state index < -0.39 is 6.04 Å². The van der Waals surface area contributed by atoms with Crippen molar-refractivity contribution in [3.05, 3.63) is 60.6 Å². The minimum absolute atomic E-state index is 0. The van der Waals surface area contributed by atoms with E-state index in [-0.39, 0.29) is 43.1 Å². The van der Waals surface area contributed by atoms with Gasteiger partial charge in [-0.05, 0) is 24.1 Å². The molecule has 10 heteroatoms. The highest BCUT2D eigenvalue weighted by Gasteiger charge is 2.26. The summed E-state index contributed by atoms with van der Waals surface area (Å²) in [6.45, 7) is 2.69. The fourth-order valence-corrected chi connectivity index (χ4v) is 3.46. The first-order valence-electron chi connectivity index (χ1n) is 9.11. The second kappa shape index (κ2) is 11.9. The lowest BCUT2D eigenvalue weighted by atomic mass is 10.1. The fraction of sp³-hybridized carbons (Fsp3) is 0.300. The summed E-state index contributed by atoms with van der Waals surface area (Å²) in [5.41, 5.74) is 7.93. The van der Waals surface area contributed by atoms with Crippen LogP contribution < -0.4 is 10.6 Å². The van der Waals surface area contributed by atoms with Gasteiger partial charge in [-0.15, -0.1) is 37.2 Å². The van der Waals surface area contributed by atoms with Crippen molar-refractivity contribution < 1.29 is 4.79 Å². The number of carbonyl (C=O) groups is 1. The van der Waals surface area contributed by atoms with Crippen molar-refractivity contribution in [3.8, 4) is 0 Å². The number of piperazine rings is 1. The van der Waals surface area contributed by atoms with Crippen LogP contribution >= 0.6 is 37.2 Å². The number of hydrogen-bond acceptors (Lipinski definition) is 6. The van der Waals surface area contributed by atoms with Gasteiger partial charge in [0.1, 0.15) is 12.1 Å². The van der Waals surface area contributed by atoms with E-state index >= 15 is 0 Å². The van der Waals surface area contributed by atoms with Crippen molar-refractivity contribution in [3.63, 3.8) is 0 Å². The lowest BCUT2D eigenvalue weighted by molar-refractivity contribution is -0.132. The van der Waals surface area contributed by atoms with Crippen LogP contribution in [0.2, 0.25) is 0 Å². The monoisotopic (exact) mass is 470 g/mol. The molecule has 3 aromatic rings. The lowest BCUT2D eigenvalue weighted by Crippen LogP contribution is -2.53. The zero-order valence-electron chi connectivity index (χ0n) is 16.3. The molecule has 0 bridgehead atoms. The Kier molecular flexibility index (Phi) is 10.2. The number of amides is 1. The molecular formula is C20H25Cl3N6O. The molecule has 0 saturated carbocycles. The second-order valence-corrected chi connectivity index (χ2v) is 6.68. The Labute approximate surface area is 194 Å². The van der Waals surface area contributed by atoms with Crippen LogP contribution in [-0.2, 0) is 11.2 Å². The SMILES string of the molecule is Cl.Cl.Cl.NC(Cc1ccccc1)C(=O)N1CCN(c2ncnc3ncccc23)CC1. The molecule has 2 N–H and O–H groups in total.